The average Bonchev–Trinajstić information content (AvgIpc) is 3.42. The van der Waals surface area contributed by atoms with E-state index in [1.165, 1.54) is 0 Å². The molecular weight excluding hydrogens is 432 g/mol. The molecule has 180 valence electrons. The number of hydrogen-bond donors (Lipinski definition) is 2. The number of aliphatic hydroxyl groups excluding tert-OH is 1. The topological polar surface area (TPSA) is 94.6 Å². The van der Waals surface area contributed by atoms with Crippen molar-refractivity contribution >= 4 is 10.9 Å². The number of aromatic nitrogens is 4. The van der Waals surface area contributed by atoms with Crippen molar-refractivity contribution in [1.29, 1.82) is 0 Å². The number of fused-ring (bicyclic) bond motifs is 1. The summed E-state index contributed by atoms with van der Waals surface area (Å²) in [7, 11) is 0. The molecular formula is C26H32N4O4. The number of aliphatic hydroxyl groups is 2. The fourth-order valence-electron chi connectivity index (χ4n) is 3.80. The first-order valence-electron chi connectivity index (χ1n) is 11.6. The smallest absolute Gasteiger partial charge is 0.180 e. The van der Waals surface area contributed by atoms with Crippen LogP contribution >= 0.6 is 0 Å². The van der Waals surface area contributed by atoms with Gasteiger partial charge in [-0.05, 0) is 45.9 Å². The third kappa shape index (κ3) is 4.99. The summed E-state index contributed by atoms with van der Waals surface area (Å²) >= 11 is 0. The Morgan fingerprint density at radius 3 is 2.56 bits per heavy atom. The molecule has 0 aliphatic rings. The Balaban J connectivity index is 1.74. The van der Waals surface area contributed by atoms with Gasteiger partial charge in [-0.3, -0.25) is 9.36 Å². The van der Waals surface area contributed by atoms with Crippen LogP contribution in [-0.2, 0) is 24.4 Å². The summed E-state index contributed by atoms with van der Waals surface area (Å²) in [4.78, 5) is 0. The summed E-state index contributed by atoms with van der Waals surface area (Å²) in [5.74, 6) is 0.827. The molecule has 34 heavy (non-hydrogen) atoms. The van der Waals surface area contributed by atoms with E-state index in [1.807, 2.05) is 52.8 Å². The molecule has 0 bridgehead atoms. The highest BCUT2D eigenvalue weighted by Gasteiger charge is 2.27. The molecule has 0 aliphatic carbocycles. The second kappa shape index (κ2) is 9.97. The lowest BCUT2D eigenvalue weighted by Gasteiger charge is -2.26. The molecule has 2 heterocycles. The van der Waals surface area contributed by atoms with Gasteiger partial charge in [0.1, 0.15) is 11.4 Å². The van der Waals surface area contributed by atoms with E-state index in [4.69, 9.17) is 14.6 Å². The summed E-state index contributed by atoms with van der Waals surface area (Å²) < 4.78 is 15.5. The lowest BCUT2D eigenvalue weighted by molar-refractivity contribution is -0.197. The maximum absolute atomic E-state index is 9.58. The van der Waals surface area contributed by atoms with Crippen molar-refractivity contribution in [1.82, 2.24) is 19.6 Å². The number of hydrogen-bond acceptors (Lipinski definition) is 6. The number of para-hydroxylation sites is 1. The maximum Gasteiger partial charge on any atom is 0.180 e. The minimum Gasteiger partial charge on any atom is -0.494 e. The minimum absolute atomic E-state index is 0.146. The molecule has 4 aromatic rings. The van der Waals surface area contributed by atoms with Crippen molar-refractivity contribution in [3.63, 3.8) is 0 Å². The van der Waals surface area contributed by atoms with Gasteiger partial charge < -0.3 is 19.7 Å². The van der Waals surface area contributed by atoms with Crippen molar-refractivity contribution < 1.29 is 19.7 Å². The monoisotopic (exact) mass is 464 g/mol. The zero-order chi connectivity index (χ0) is 24.3. The van der Waals surface area contributed by atoms with Crippen LogP contribution in [0.15, 0.2) is 54.7 Å². The number of aryl methyl sites for hydroxylation is 1. The quantitative estimate of drug-likeness (QED) is 0.345. The largest absolute Gasteiger partial charge is 0.494 e. The van der Waals surface area contributed by atoms with Crippen LogP contribution in [0.4, 0.5) is 0 Å². The molecule has 0 atom stereocenters. The van der Waals surface area contributed by atoms with Gasteiger partial charge in [-0.1, -0.05) is 30.3 Å². The summed E-state index contributed by atoms with van der Waals surface area (Å²) in [6, 6.07) is 16.2. The van der Waals surface area contributed by atoms with Crippen molar-refractivity contribution in [3.05, 3.63) is 66.0 Å². The average molecular weight is 465 g/mol. The van der Waals surface area contributed by atoms with E-state index in [1.54, 1.807) is 13.8 Å². The van der Waals surface area contributed by atoms with E-state index < -0.39 is 11.9 Å². The highest BCUT2D eigenvalue weighted by atomic mass is 16.6. The Morgan fingerprint density at radius 1 is 1.03 bits per heavy atom. The molecule has 0 fully saturated rings. The van der Waals surface area contributed by atoms with Gasteiger partial charge in [0, 0.05) is 23.1 Å². The van der Waals surface area contributed by atoms with Gasteiger partial charge >= 0.3 is 0 Å². The normalized spacial score (nSPS) is 12.1. The zero-order valence-electron chi connectivity index (χ0n) is 20.1. The van der Waals surface area contributed by atoms with Gasteiger partial charge in [0.05, 0.1) is 42.9 Å². The maximum atomic E-state index is 9.58. The highest BCUT2D eigenvalue weighted by molar-refractivity contribution is 5.83. The lowest BCUT2D eigenvalue weighted by atomic mass is 10.1. The predicted octanol–water partition coefficient (Wildman–Crippen LogP) is 3.97. The first kappa shape index (κ1) is 23.9. The molecule has 0 aliphatic heterocycles. The lowest BCUT2D eigenvalue weighted by Crippen LogP contribution is -2.38. The summed E-state index contributed by atoms with van der Waals surface area (Å²) in [6.07, 6.45) is 0.281. The summed E-state index contributed by atoms with van der Waals surface area (Å²) in [5.41, 5.74) is 3.60. The molecule has 0 radical (unpaired) electrons. The molecule has 0 amide bonds. The molecule has 8 nitrogen and oxygen atoms in total. The van der Waals surface area contributed by atoms with Gasteiger partial charge in [0.2, 0.25) is 0 Å². The first-order valence-corrected chi connectivity index (χ1v) is 11.6. The molecule has 0 saturated heterocycles. The van der Waals surface area contributed by atoms with E-state index >= 15 is 0 Å². The molecule has 0 spiro atoms. The molecule has 0 saturated carbocycles. The number of benzene rings is 2. The van der Waals surface area contributed by atoms with Crippen molar-refractivity contribution in [3.8, 4) is 17.0 Å². The molecule has 8 heteroatoms. The fourth-order valence-corrected chi connectivity index (χ4v) is 3.80. The van der Waals surface area contributed by atoms with Crippen LogP contribution in [0.25, 0.3) is 22.2 Å². The van der Waals surface area contributed by atoms with Crippen LogP contribution in [0.3, 0.4) is 0 Å². The summed E-state index contributed by atoms with van der Waals surface area (Å²) in [6.45, 7) is 9.33. The second-order valence-electron chi connectivity index (χ2n) is 8.72. The van der Waals surface area contributed by atoms with Crippen LogP contribution < -0.4 is 4.74 Å². The Morgan fingerprint density at radius 2 is 1.82 bits per heavy atom. The predicted molar refractivity (Wildman–Crippen MR) is 130 cm³/mol. The number of rotatable bonds is 10. The third-order valence-electron chi connectivity index (χ3n) is 5.88. The van der Waals surface area contributed by atoms with Crippen LogP contribution in [0.2, 0.25) is 0 Å². The SMILES string of the molecule is CCOc1ccccc1Cn1nc(COC(C)(C)C(O)O)cc1-c1ccc2cnn(CC)c2c1. The number of ether oxygens (including phenoxy) is 2. The van der Waals surface area contributed by atoms with Crippen molar-refractivity contribution in [2.45, 2.75) is 59.3 Å². The van der Waals surface area contributed by atoms with Crippen molar-refractivity contribution in [2.75, 3.05) is 6.61 Å². The molecule has 2 aromatic carbocycles. The van der Waals surface area contributed by atoms with E-state index in [9.17, 15) is 10.2 Å². The van der Waals surface area contributed by atoms with Gasteiger partial charge in [0.15, 0.2) is 6.29 Å². The standard InChI is InChI=1S/C26H32N4O4/c1-5-29-22-13-18(11-12-19(22)15-27-29)23-14-21(17-34-26(3,4)25(31)32)28-30(23)16-20-9-7-8-10-24(20)33-6-2/h7-15,25,31-32H,5-6,16-17H2,1-4H3. The molecule has 2 N–H and O–H groups in total. The van der Waals surface area contributed by atoms with Crippen LogP contribution in [-0.4, -0.2) is 48.3 Å². The fraction of sp³-hybridized carbons (Fsp3) is 0.385. The molecule has 2 aromatic heterocycles. The Bertz CT molecular complexity index is 1260. The Labute approximate surface area is 199 Å². The van der Waals surface area contributed by atoms with E-state index in [0.29, 0.717) is 18.8 Å². The van der Waals surface area contributed by atoms with E-state index in [-0.39, 0.29) is 6.61 Å². The van der Waals surface area contributed by atoms with Gasteiger partial charge in [-0.15, -0.1) is 0 Å². The minimum atomic E-state index is -1.59. The van der Waals surface area contributed by atoms with E-state index in [2.05, 4.69) is 30.2 Å². The summed E-state index contributed by atoms with van der Waals surface area (Å²) in [5, 5.41) is 29.5. The van der Waals surface area contributed by atoms with E-state index in [0.717, 1.165) is 40.0 Å². The molecule has 0 unspecified atom stereocenters. The first-order chi connectivity index (χ1) is 16.3. The van der Waals surface area contributed by atoms with Crippen LogP contribution in [0, 0.1) is 0 Å². The highest BCUT2D eigenvalue weighted by Crippen LogP contribution is 2.28. The Kier molecular flexibility index (Phi) is 7.02. The van der Waals surface area contributed by atoms with Gasteiger partial charge in [-0.2, -0.15) is 10.2 Å². The number of nitrogens with zero attached hydrogens (tertiary/aromatic N) is 4. The van der Waals surface area contributed by atoms with Crippen LogP contribution in [0.1, 0.15) is 39.0 Å². The van der Waals surface area contributed by atoms with Gasteiger partial charge in [-0.25, -0.2) is 0 Å². The second-order valence-corrected chi connectivity index (χ2v) is 8.72. The van der Waals surface area contributed by atoms with Crippen molar-refractivity contribution in [2.24, 2.45) is 0 Å². The molecule has 4 rings (SSSR count). The Hall–Kier alpha value is -3.20. The third-order valence-corrected chi connectivity index (χ3v) is 5.88. The zero-order valence-corrected chi connectivity index (χ0v) is 20.1. The van der Waals surface area contributed by atoms with Gasteiger partial charge in [0.25, 0.3) is 0 Å². The van der Waals surface area contributed by atoms with Crippen LogP contribution in [0.5, 0.6) is 5.75 Å².